The van der Waals surface area contributed by atoms with Gasteiger partial charge in [-0.05, 0) is 55.0 Å². The van der Waals surface area contributed by atoms with Crippen LogP contribution in [0.5, 0.6) is 5.75 Å². The van der Waals surface area contributed by atoms with E-state index in [4.69, 9.17) is 0 Å². The predicted molar refractivity (Wildman–Crippen MR) is 104 cm³/mol. The number of rotatable bonds is 4. The van der Waals surface area contributed by atoms with E-state index in [0.717, 1.165) is 47.6 Å². The smallest absolute Gasteiger partial charge is 0.238 e. The summed E-state index contributed by atoms with van der Waals surface area (Å²) in [6, 6.07) is 13.1. The Labute approximate surface area is 156 Å². The quantitative estimate of drug-likeness (QED) is 0.822. The summed E-state index contributed by atoms with van der Waals surface area (Å²) in [5.74, 6) is 0.294. The summed E-state index contributed by atoms with van der Waals surface area (Å²) in [4.78, 5) is 16.7. The van der Waals surface area contributed by atoms with Crippen LogP contribution in [0.4, 0.5) is 11.4 Å². The number of benzene rings is 2. The molecule has 1 heterocycles. The lowest BCUT2D eigenvalue weighted by Gasteiger charge is -2.35. The first-order valence-corrected chi connectivity index (χ1v) is 9.13. The zero-order valence-corrected chi connectivity index (χ0v) is 15.8. The summed E-state index contributed by atoms with van der Waals surface area (Å²) >= 11 is 3.46. The number of aryl methyl sites for hydroxylation is 1. The molecule has 25 heavy (non-hydrogen) atoms. The number of phenolic OH excluding ortho intramolecular Hbond substituents is 1. The van der Waals surface area contributed by atoms with E-state index < -0.39 is 0 Å². The fourth-order valence-electron chi connectivity index (χ4n) is 2.95. The number of amides is 1. The average molecular weight is 404 g/mol. The van der Waals surface area contributed by atoms with Gasteiger partial charge in [-0.2, -0.15) is 0 Å². The molecule has 6 heteroatoms. The molecule has 1 aliphatic heterocycles. The van der Waals surface area contributed by atoms with Crippen molar-refractivity contribution in [3.63, 3.8) is 0 Å². The Balaban J connectivity index is 1.49. The van der Waals surface area contributed by atoms with Gasteiger partial charge in [0.05, 0.1) is 6.54 Å². The predicted octanol–water partition coefficient (Wildman–Crippen LogP) is 3.22. The Kier molecular flexibility index (Phi) is 5.60. The molecule has 3 rings (SSSR count). The molecule has 0 atom stereocenters. The van der Waals surface area contributed by atoms with Crippen molar-refractivity contribution in [2.45, 2.75) is 6.92 Å². The summed E-state index contributed by atoms with van der Waals surface area (Å²) in [5.41, 5.74) is 3.03. The lowest BCUT2D eigenvalue weighted by molar-refractivity contribution is -0.117. The summed E-state index contributed by atoms with van der Waals surface area (Å²) in [7, 11) is 0. The van der Waals surface area contributed by atoms with Crippen LogP contribution in [0, 0.1) is 6.92 Å². The first kappa shape index (κ1) is 17.8. The SMILES string of the molecule is Cc1cc(NC(=O)CN2CCN(c3ccc(O)cc3)CC2)ccc1Br. The molecule has 2 aromatic carbocycles. The largest absolute Gasteiger partial charge is 0.508 e. The van der Waals surface area contributed by atoms with E-state index in [9.17, 15) is 9.90 Å². The number of phenols is 1. The molecule has 0 radical (unpaired) electrons. The highest BCUT2D eigenvalue weighted by molar-refractivity contribution is 9.10. The molecule has 132 valence electrons. The maximum atomic E-state index is 12.3. The average Bonchev–Trinajstić information content (AvgIpc) is 2.60. The Hall–Kier alpha value is -2.05. The zero-order valence-electron chi connectivity index (χ0n) is 14.2. The van der Waals surface area contributed by atoms with Crippen molar-refractivity contribution < 1.29 is 9.90 Å². The Morgan fingerprint density at radius 1 is 1.12 bits per heavy atom. The normalized spacial score (nSPS) is 15.2. The Bertz CT molecular complexity index is 741. The lowest BCUT2D eigenvalue weighted by Crippen LogP contribution is -2.48. The van der Waals surface area contributed by atoms with Crippen molar-refractivity contribution in [1.82, 2.24) is 4.90 Å². The molecule has 1 amide bonds. The number of hydrogen-bond donors (Lipinski definition) is 2. The van der Waals surface area contributed by atoms with Crippen LogP contribution < -0.4 is 10.2 Å². The highest BCUT2D eigenvalue weighted by atomic mass is 79.9. The molecule has 1 fully saturated rings. The highest BCUT2D eigenvalue weighted by Gasteiger charge is 2.19. The van der Waals surface area contributed by atoms with Crippen molar-refractivity contribution in [1.29, 1.82) is 0 Å². The number of carbonyl (C=O) groups is 1. The lowest BCUT2D eigenvalue weighted by atomic mass is 10.2. The maximum absolute atomic E-state index is 12.3. The number of aromatic hydroxyl groups is 1. The summed E-state index contributed by atoms with van der Waals surface area (Å²) in [6.45, 7) is 5.83. The van der Waals surface area contributed by atoms with Crippen LogP contribution in [0.15, 0.2) is 46.9 Å². The fourth-order valence-corrected chi connectivity index (χ4v) is 3.20. The van der Waals surface area contributed by atoms with Gasteiger partial charge in [0.15, 0.2) is 0 Å². The van der Waals surface area contributed by atoms with Crippen LogP contribution in [-0.2, 0) is 4.79 Å². The van der Waals surface area contributed by atoms with Crippen molar-refractivity contribution in [2.24, 2.45) is 0 Å². The number of anilines is 2. The molecule has 1 aliphatic rings. The van der Waals surface area contributed by atoms with Gasteiger partial charge in [-0.1, -0.05) is 15.9 Å². The van der Waals surface area contributed by atoms with Crippen LogP contribution in [0.3, 0.4) is 0 Å². The van der Waals surface area contributed by atoms with E-state index in [1.165, 1.54) is 0 Å². The van der Waals surface area contributed by atoms with Crippen molar-refractivity contribution in [3.05, 3.63) is 52.5 Å². The van der Waals surface area contributed by atoms with E-state index in [0.29, 0.717) is 6.54 Å². The third-order valence-electron chi connectivity index (χ3n) is 4.40. The third kappa shape index (κ3) is 4.74. The Morgan fingerprint density at radius 2 is 1.80 bits per heavy atom. The van der Waals surface area contributed by atoms with Gasteiger partial charge in [-0.3, -0.25) is 9.69 Å². The number of nitrogens with one attached hydrogen (secondary N) is 1. The molecule has 5 nitrogen and oxygen atoms in total. The minimum absolute atomic E-state index is 0.0137. The van der Waals surface area contributed by atoms with Gasteiger partial charge in [0.1, 0.15) is 5.75 Å². The summed E-state index contributed by atoms with van der Waals surface area (Å²) in [5, 5.41) is 12.3. The first-order valence-electron chi connectivity index (χ1n) is 8.33. The number of piperazine rings is 1. The molecule has 2 N–H and O–H groups in total. The standard InChI is InChI=1S/C19H22BrN3O2/c1-14-12-15(2-7-18(14)20)21-19(25)13-22-8-10-23(11-9-22)16-3-5-17(24)6-4-16/h2-7,12,24H,8-11,13H2,1H3,(H,21,25). The second-order valence-corrected chi connectivity index (χ2v) is 7.15. The maximum Gasteiger partial charge on any atom is 0.238 e. The van der Waals surface area contributed by atoms with Gasteiger partial charge in [0.2, 0.25) is 5.91 Å². The minimum atomic E-state index is 0.0137. The third-order valence-corrected chi connectivity index (χ3v) is 5.29. The minimum Gasteiger partial charge on any atom is -0.508 e. The molecule has 2 aromatic rings. The van der Waals surface area contributed by atoms with Gasteiger partial charge in [0.25, 0.3) is 0 Å². The van der Waals surface area contributed by atoms with Crippen LogP contribution in [0.25, 0.3) is 0 Å². The van der Waals surface area contributed by atoms with Crippen LogP contribution in [0.1, 0.15) is 5.56 Å². The molecular formula is C19H22BrN3O2. The molecular weight excluding hydrogens is 382 g/mol. The molecule has 1 saturated heterocycles. The first-order chi connectivity index (χ1) is 12.0. The molecule has 0 aliphatic carbocycles. The molecule has 0 aromatic heterocycles. The molecule has 0 unspecified atom stereocenters. The van der Waals surface area contributed by atoms with Gasteiger partial charge in [-0.25, -0.2) is 0 Å². The van der Waals surface area contributed by atoms with Crippen LogP contribution >= 0.6 is 15.9 Å². The second kappa shape index (κ2) is 7.89. The number of hydrogen-bond acceptors (Lipinski definition) is 4. The van der Waals surface area contributed by atoms with Gasteiger partial charge in [0, 0.05) is 42.0 Å². The van der Waals surface area contributed by atoms with Gasteiger partial charge in [-0.15, -0.1) is 0 Å². The zero-order chi connectivity index (χ0) is 17.8. The molecule has 0 spiro atoms. The van der Waals surface area contributed by atoms with E-state index in [1.807, 2.05) is 37.3 Å². The summed E-state index contributed by atoms with van der Waals surface area (Å²) < 4.78 is 1.04. The highest BCUT2D eigenvalue weighted by Crippen LogP contribution is 2.21. The van der Waals surface area contributed by atoms with Gasteiger partial charge >= 0.3 is 0 Å². The number of nitrogens with zero attached hydrogens (tertiary/aromatic N) is 2. The van der Waals surface area contributed by atoms with Gasteiger partial charge < -0.3 is 15.3 Å². The number of carbonyl (C=O) groups excluding carboxylic acids is 1. The van der Waals surface area contributed by atoms with E-state index >= 15 is 0 Å². The summed E-state index contributed by atoms with van der Waals surface area (Å²) in [6.07, 6.45) is 0. The van der Waals surface area contributed by atoms with Crippen molar-refractivity contribution >= 4 is 33.2 Å². The fraction of sp³-hybridized carbons (Fsp3) is 0.316. The molecule has 0 saturated carbocycles. The van der Waals surface area contributed by atoms with Crippen molar-refractivity contribution in [2.75, 3.05) is 42.9 Å². The van der Waals surface area contributed by atoms with Crippen LogP contribution in [-0.4, -0.2) is 48.6 Å². The number of halogens is 1. The Morgan fingerprint density at radius 3 is 2.44 bits per heavy atom. The monoisotopic (exact) mass is 403 g/mol. The van der Waals surface area contributed by atoms with E-state index in [-0.39, 0.29) is 11.7 Å². The van der Waals surface area contributed by atoms with Crippen LogP contribution in [0.2, 0.25) is 0 Å². The van der Waals surface area contributed by atoms with E-state index in [1.54, 1.807) is 12.1 Å². The molecule has 0 bridgehead atoms. The second-order valence-electron chi connectivity index (χ2n) is 6.29. The van der Waals surface area contributed by atoms with Crippen molar-refractivity contribution in [3.8, 4) is 5.75 Å². The van der Waals surface area contributed by atoms with E-state index in [2.05, 4.69) is 31.0 Å². The topological polar surface area (TPSA) is 55.8 Å².